The van der Waals surface area contributed by atoms with Crippen molar-refractivity contribution in [2.45, 2.75) is 30.4 Å². The first-order chi connectivity index (χ1) is 9.33. The summed E-state index contributed by atoms with van der Waals surface area (Å²) in [6.45, 7) is -1.15. The van der Waals surface area contributed by atoms with Crippen LogP contribution < -0.4 is 4.74 Å². The van der Waals surface area contributed by atoms with Crippen LogP contribution >= 0.6 is 11.3 Å². The Morgan fingerprint density at radius 1 is 0.905 bits per heavy atom. The van der Waals surface area contributed by atoms with Crippen molar-refractivity contribution in [1.82, 2.24) is 0 Å². The zero-order valence-corrected chi connectivity index (χ0v) is 10.7. The quantitative estimate of drug-likeness (QED) is 0.660. The maximum absolute atomic E-state index is 13.0. The fraction of sp³-hybridized carbons (Fsp3) is 0.600. The first kappa shape index (κ1) is 17.9. The molecule has 1 aromatic rings. The van der Waals surface area contributed by atoms with Crippen LogP contribution in [0, 0.1) is 0 Å². The van der Waals surface area contributed by atoms with Crippen molar-refractivity contribution < 1.29 is 44.3 Å². The number of alkyl halides is 9. The van der Waals surface area contributed by atoms with Crippen molar-refractivity contribution in [3.63, 3.8) is 0 Å². The van der Waals surface area contributed by atoms with Gasteiger partial charge in [0.25, 0.3) is 0 Å². The fourth-order valence-corrected chi connectivity index (χ4v) is 1.77. The summed E-state index contributed by atoms with van der Waals surface area (Å²) in [5.41, 5.74) is 0. The van der Waals surface area contributed by atoms with Gasteiger partial charge in [-0.3, -0.25) is 0 Å². The van der Waals surface area contributed by atoms with Gasteiger partial charge in [-0.25, -0.2) is 0 Å². The lowest BCUT2D eigenvalue weighted by molar-refractivity contribution is -0.397. The number of rotatable bonds is 6. The molecule has 0 radical (unpaired) electrons. The standard InChI is InChI=1S/C10H7F9OS/c11-7(12,2-3-20-6-1-4-21-5-6)8(13,14)9(15,16)10(17,18)19/h1,4-5H,2-3H2. The Morgan fingerprint density at radius 3 is 1.90 bits per heavy atom. The smallest absolute Gasteiger partial charge is 0.460 e. The Balaban J connectivity index is 2.79. The summed E-state index contributed by atoms with van der Waals surface area (Å²) >= 11 is 1.08. The van der Waals surface area contributed by atoms with Crippen LogP contribution in [0.4, 0.5) is 39.5 Å². The lowest BCUT2D eigenvalue weighted by atomic mass is 10.0. The molecule has 1 aromatic heterocycles. The largest absolute Gasteiger partial charge is 0.492 e. The number of ether oxygens (including phenoxy) is 1. The lowest BCUT2D eigenvalue weighted by Gasteiger charge is -2.33. The molecule has 0 fully saturated rings. The minimum atomic E-state index is -6.86. The summed E-state index contributed by atoms with van der Waals surface area (Å²) in [5.74, 6) is -19.0. The van der Waals surface area contributed by atoms with Gasteiger partial charge < -0.3 is 4.74 Å². The molecule has 0 atom stereocenters. The van der Waals surface area contributed by atoms with Crippen molar-refractivity contribution in [1.29, 1.82) is 0 Å². The van der Waals surface area contributed by atoms with Crippen molar-refractivity contribution in [3.05, 3.63) is 16.8 Å². The number of thiophene rings is 1. The van der Waals surface area contributed by atoms with E-state index in [1.54, 1.807) is 0 Å². The maximum atomic E-state index is 13.0. The first-order valence-corrected chi connectivity index (χ1v) is 6.12. The van der Waals surface area contributed by atoms with E-state index in [1.165, 1.54) is 16.8 Å². The Kier molecular flexibility index (Phi) is 4.76. The van der Waals surface area contributed by atoms with Crippen LogP contribution in [-0.2, 0) is 0 Å². The zero-order valence-electron chi connectivity index (χ0n) is 9.86. The SMILES string of the molecule is FC(F)(F)C(F)(F)C(F)(F)C(F)(F)CCOc1ccsc1. The second kappa shape index (κ2) is 5.58. The van der Waals surface area contributed by atoms with Crippen LogP contribution in [0.2, 0.25) is 0 Å². The molecule has 1 nitrogen and oxygen atoms in total. The predicted octanol–water partition coefficient (Wildman–Crippen LogP) is 4.99. The van der Waals surface area contributed by atoms with E-state index in [-0.39, 0.29) is 5.75 Å². The van der Waals surface area contributed by atoms with E-state index in [1.807, 2.05) is 0 Å². The van der Waals surface area contributed by atoms with Gasteiger partial charge in [0.15, 0.2) is 0 Å². The van der Waals surface area contributed by atoms with Gasteiger partial charge in [-0.05, 0) is 11.4 Å². The van der Waals surface area contributed by atoms with Gasteiger partial charge in [0.1, 0.15) is 5.75 Å². The molecule has 1 rings (SSSR count). The normalized spacial score (nSPS) is 14.3. The molecule has 21 heavy (non-hydrogen) atoms. The van der Waals surface area contributed by atoms with Gasteiger partial charge in [0, 0.05) is 5.38 Å². The average molecular weight is 346 g/mol. The van der Waals surface area contributed by atoms with E-state index in [0.29, 0.717) is 0 Å². The van der Waals surface area contributed by atoms with Crippen LogP contribution in [0.3, 0.4) is 0 Å². The summed E-state index contributed by atoms with van der Waals surface area (Å²) in [4.78, 5) is 0. The number of halogens is 9. The van der Waals surface area contributed by atoms with Crippen LogP contribution in [0.5, 0.6) is 5.75 Å². The van der Waals surface area contributed by atoms with Gasteiger partial charge in [0.05, 0.1) is 13.0 Å². The van der Waals surface area contributed by atoms with Crippen molar-refractivity contribution in [2.75, 3.05) is 6.61 Å². The summed E-state index contributed by atoms with van der Waals surface area (Å²) in [5, 5.41) is 2.76. The molecule has 0 aliphatic rings. The molecule has 0 unspecified atom stereocenters. The second-order valence-electron chi connectivity index (χ2n) is 3.91. The molecule has 11 heteroatoms. The van der Waals surface area contributed by atoms with Crippen LogP contribution in [0.1, 0.15) is 6.42 Å². The van der Waals surface area contributed by atoms with Gasteiger partial charge >= 0.3 is 23.9 Å². The molecule has 0 N–H and O–H groups in total. The maximum Gasteiger partial charge on any atom is 0.460 e. The van der Waals surface area contributed by atoms with Gasteiger partial charge in [-0.15, -0.1) is 11.3 Å². The van der Waals surface area contributed by atoms with E-state index in [9.17, 15) is 39.5 Å². The fourth-order valence-electron chi connectivity index (χ4n) is 1.20. The molecular weight excluding hydrogens is 339 g/mol. The summed E-state index contributed by atoms with van der Waals surface area (Å²) in [6, 6.07) is 1.28. The molecule has 0 aliphatic heterocycles. The Morgan fingerprint density at radius 2 is 1.48 bits per heavy atom. The van der Waals surface area contributed by atoms with Crippen molar-refractivity contribution >= 4 is 11.3 Å². The van der Waals surface area contributed by atoms with E-state index >= 15 is 0 Å². The zero-order chi connectivity index (χ0) is 16.5. The molecule has 0 aromatic carbocycles. The van der Waals surface area contributed by atoms with Crippen LogP contribution in [0.25, 0.3) is 0 Å². The van der Waals surface area contributed by atoms with Gasteiger partial charge in [-0.2, -0.15) is 39.5 Å². The van der Waals surface area contributed by atoms with E-state index in [4.69, 9.17) is 0 Å². The van der Waals surface area contributed by atoms with Gasteiger partial charge in [-0.1, -0.05) is 0 Å². The summed E-state index contributed by atoms with van der Waals surface area (Å²) < 4.78 is 117. The van der Waals surface area contributed by atoms with Crippen LogP contribution in [-0.4, -0.2) is 30.6 Å². The molecule has 0 spiro atoms. The van der Waals surface area contributed by atoms with E-state index < -0.39 is 37.0 Å². The molecule has 0 saturated carbocycles. The molecule has 0 aliphatic carbocycles. The number of hydrogen-bond donors (Lipinski definition) is 0. The third-order valence-electron chi connectivity index (χ3n) is 2.39. The molecule has 0 amide bonds. The number of hydrogen-bond acceptors (Lipinski definition) is 2. The topological polar surface area (TPSA) is 9.23 Å². The summed E-state index contributed by atoms with van der Waals surface area (Å²) in [6.07, 6.45) is -8.80. The molecule has 0 saturated heterocycles. The van der Waals surface area contributed by atoms with Crippen molar-refractivity contribution in [3.8, 4) is 5.75 Å². The monoisotopic (exact) mass is 346 g/mol. The summed E-state index contributed by atoms with van der Waals surface area (Å²) in [7, 11) is 0. The van der Waals surface area contributed by atoms with E-state index in [0.717, 1.165) is 11.3 Å². The molecule has 1 heterocycles. The minimum Gasteiger partial charge on any atom is -0.492 e. The molecular formula is C10H7F9OS. The highest BCUT2D eigenvalue weighted by atomic mass is 32.1. The predicted molar refractivity (Wildman–Crippen MR) is 55.3 cm³/mol. The highest BCUT2D eigenvalue weighted by Crippen LogP contribution is 2.53. The minimum absolute atomic E-state index is 0.0155. The van der Waals surface area contributed by atoms with Crippen molar-refractivity contribution in [2.24, 2.45) is 0 Å². The Labute approximate surface area is 116 Å². The van der Waals surface area contributed by atoms with Gasteiger partial charge in [0.2, 0.25) is 0 Å². The lowest BCUT2D eigenvalue weighted by Crippen LogP contribution is -2.61. The molecule has 0 bridgehead atoms. The average Bonchev–Trinajstić information content (AvgIpc) is 2.79. The molecule has 122 valence electrons. The second-order valence-corrected chi connectivity index (χ2v) is 4.69. The third-order valence-corrected chi connectivity index (χ3v) is 3.05. The Hall–Kier alpha value is -1.13. The van der Waals surface area contributed by atoms with E-state index in [2.05, 4.69) is 4.74 Å². The van der Waals surface area contributed by atoms with Crippen LogP contribution in [0.15, 0.2) is 16.8 Å². The highest BCUT2D eigenvalue weighted by Gasteiger charge is 2.81. The Bertz CT molecular complexity index is 452. The first-order valence-electron chi connectivity index (χ1n) is 5.18. The highest BCUT2D eigenvalue weighted by molar-refractivity contribution is 7.08. The third kappa shape index (κ3) is 3.38.